The molecule has 31 heavy (non-hydrogen) atoms. The lowest BCUT2D eigenvalue weighted by Crippen LogP contribution is -2.48. The molecular formula is C21H24N4O4S2. The van der Waals surface area contributed by atoms with E-state index in [1.165, 1.54) is 12.1 Å². The van der Waals surface area contributed by atoms with Crippen LogP contribution in [0.25, 0.3) is 10.7 Å². The van der Waals surface area contributed by atoms with E-state index in [0.717, 1.165) is 43.6 Å². The molecule has 0 aliphatic carbocycles. The highest BCUT2D eigenvalue weighted by molar-refractivity contribution is 7.90. The molecule has 0 spiro atoms. The van der Waals surface area contributed by atoms with E-state index in [9.17, 15) is 13.2 Å². The third-order valence-corrected chi connectivity index (χ3v) is 7.22. The molecule has 164 valence electrons. The summed E-state index contributed by atoms with van der Waals surface area (Å²) in [5, 5.41) is 6.02. The van der Waals surface area contributed by atoms with E-state index in [2.05, 4.69) is 15.0 Å². The van der Waals surface area contributed by atoms with Crippen molar-refractivity contribution in [2.75, 3.05) is 39.0 Å². The van der Waals surface area contributed by atoms with Gasteiger partial charge in [-0.3, -0.25) is 9.69 Å². The molecule has 1 aromatic carbocycles. The number of rotatable bonds is 7. The van der Waals surface area contributed by atoms with E-state index >= 15 is 0 Å². The van der Waals surface area contributed by atoms with Crippen molar-refractivity contribution in [2.45, 2.75) is 17.7 Å². The van der Waals surface area contributed by atoms with E-state index in [4.69, 9.17) is 4.52 Å². The maximum atomic E-state index is 12.8. The lowest BCUT2D eigenvalue weighted by molar-refractivity contribution is 0.0635. The Balaban J connectivity index is 1.24. The first-order chi connectivity index (χ1) is 14.9. The minimum atomic E-state index is -3.34. The number of hydrogen-bond donors (Lipinski definition) is 0. The van der Waals surface area contributed by atoms with Gasteiger partial charge in [-0.2, -0.15) is 4.98 Å². The minimum Gasteiger partial charge on any atom is -0.339 e. The average Bonchev–Trinajstić information content (AvgIpc) is 3.45. The zero-order valence-electron chi connectivity index (χ0n) is 17.2. The van der Waals surface area contributed by atoms with Crippen LogP contribution in [0.1, 0.15) is 22.7 Å². The summed E-state index contributed by atoms with van der Waals surface area (Å²) in [5.41, 5.74) is 0.411. The predicted molar refractivity (Wildman–Crippen MR) is 118 cm³/mol. The van der Waals surface area contributed by atoms with Crippen molar-refractivity contribution < 1.29 is 17.7 Å². The number of carbonyl (C=O) groups is 1. The Morgan fingerprint density at radius 2 is 1.97 bits per heavy atom. The third kappa shape index (κ3) is 5.38. The summed E-state index contributed by atoms with van der Waals surface area (Å²) in [7, 11) is -3.34. The molecule has 0 saturated carbocycles. The van der Waals surface area contributed by atoms with E-state index in [0.29, 0.717) is 30.4 Å². The third-order valence-electron chi connectivity index (χ3n) is 5.24. The number of sulfone groups is 1. The molecule has 1 fully saturated rings. The minimum absolute atomic E-state index is 0.128. The second kappa shape index (κ2) is 9.29. The summed E-state index contributed by atoms with van der Waals surface area (Å²) in [5.74, 6) is 1.15. The van der Waals surface area contributed by atoms with Crippen LogP contribution in [0.3, 0.4) is 0 Å². The van der Waals surface area contributed by atoms with Gasteiger partial charge in [0.05, 0.1) is 9.77 Å². The van der Waals surface area contributed by atoms with Crippen LogP contribution in [-0.4, -0.2) is 73.2 Å². The number of carbonyl (C=O) groups excluding carboxylic acids is 1. The van der Waals surface area contributed by atoms with E-state index in [-0.39, 0.29) is 10.8 Å². The van der Waals surface area contributed by atoms with Crippen LogP contribution in [0, 0.1) is 0 Å². The van der Waals surface area contributed by atoms with Gasteiger partial charge in [-0.1, -0.05) is 17.3 Å². The first-order valence-corrected chi connectivity index (χ1v) is 12.9. The smallest absolute Gasteiger partial charge is 0.253 e. The number of aryl methyl sites for hydroxylation is 1. The average molecular weight is 461 g/mol. The summed E-state index contributed by atoms with van der Waals surface area (Å²) in [6.07, 6.45) is 2.76. The molecular weight excluding hydrogens is 436 g/mol. The van der Waals surface area contributed by atoms with Crippen LogP contribution in [0.5, 0.6) is 0 Å². The SMILES string of the molecule is CS(=O)(=O)c1cccc(C(=O)N2CCN(CCCc3nc(-c4cccs4)no3)CC2)c1. The van der Waals surface area contributed by atoms with Crippen LogP contribution in [-0.2, 0) is 16.3 Å². The zero-order chi connectivity index (χ0) is 21.8. The van der Waals surface area contributed by atoms with Gasteiger partial charge in [-0.15, -0.1) is 11.3 Å². The Bertz CT molecular complexity index is 1130. The van der Waals surface area contributed by atoms with Gasteiger partial charge >= 0.3 is 0 Å². The normalized spacial score (nSPS) is 15.3. The van der Waals surface area contributed by atoms with Gasteiger partial charge in [0.25, 0.3) is 5.91 Å². The Morgan fingerprint density at radius 3 is 2.68 bits per heavy atom. The number of amides is 1. The predicted octanol–water partition coefficient (Wildman–Crippen LogP) is 2.59. The van der Waals surface area contributed by atoms with Crippen molar-refractivity contribution >= 4 is 27.1 Å². The number of piperazine rings is 1. The number of aromatic nitrogens is 2. The fourth-order valence-corrected chi connectivity index (χ4v) is 4.85. The molecule has 3 heterocycles. The van der Waals surface area contributed by atoms with E-state index < -0.39 is 9.84 Å². The Kier molecular flexibility index (Phi) is 6.49. The van der Waals surface area contributed by atoms with Crippen molar-refractivity contribution in [3.05, 3.63) is 53.2 Å². The molecule has 8 nitrogen and oxygen atoms in total. The standard InChI is InChI=1S/C21H24N4O4S2/c1-31(27,28)17-6-2-5-16(15-17)21(26)25-12-10-24(11-13-25)9-3-8-19-22-20(23-29-19)18-7-4-14-30-18/h2,4-7,14-15H,3,8-13H2,1H3. The number of hydrogen-bond acceptors (Lipinski definition) is 8. The highest BCUT2D eigenvalue weighted by Gasteiger charge is 2.23. The quantitative estimate of drug-likeness (QED) is 0.535. The second-order valence-electron chi connectivity index (χ2n) is 7.53. The van der Waals surface area contributed by atoms with Gasteiger partial charge in [-0.25, -0.2) is 8.42 Å². The van der Waals surface area contributed by atoms with Crippen LogP contribution < -0.4 is 0 Å². The second-order valence-corrected chi connectivity index (χ2v) is 10.5. The lowest BCUT2D eigenvalue weighted by Gasteiger charge is -2.34. The topological polar surface area (TPSA) is 96.6 Å². The largest absolute Gasteiger partial charge is 0.339 e. The van der Waals surface area contributed by atoms with Crippen molar-refractivity contribution in [3.63, 3.8) is 0 Å². The zero-order valence-corrected chi connectivity index (χ0v) is 18.9. The molecule has 0 unspecified atom stereocenters. The monoisotopic (exact) mass is 460 g/mol. The summed E-state index contributed by atoms with van der Waals surface area (Å²) >= 11 is 1.58. The van der Waals surface area contributed by atoms with Crippen molar-refractivity contribution in [3.8, 4) is 10.7 Å². The van der Waals surface area contributed by atoms with Crippen LogP contribution in [0.4, 0.5) is 0 Å². The van der Waals surface area contributed by atoms with Gasteiger partial charge < -0.3 is 9.42 Å². The number of nitrogens with zero attached hydrogens (tertiary/aromatic N) is 4. The summed E-state index contributed by atoms with van der Waals surface area (Å²) in [4.78, 5) is 22.5. The molecule has 0 bridgehead atoms. The van der Waals surface area contributed by atoms with Crippen molar-refractivity contribution in [1.29, 1.82) is 0 Å². The fraction of sp³-hybridized carbons (Fsp3) is 0.381. The molecule has 4 rings (SSSR count). The summed E-state index contributed by atoms with van der Waals surface area (Å²) < 4.78 is 28.8. The fourth-order valence-electron chi connectivity index (χ4n) is 3.53. The molecule has 10 heteroatoms. The van der Waals surface area contributed by atoms with Crippen LogP contribution >= 0.6 is 11.3 Å². The Hall–Kier alpha value is -2.56. The maximum absolute atomic E-state index is 12.8. The molecule has 0 atom stereocenters. The maximum Gasteiger partial charge on any atom is 0.253 e. The van der Waals surface area contributed by atoms with Crippen molar-refractivity contribution in [2.24, 2.45) is 0 Å². The molecule has 0 N–H and O–H groups in total. The van der Waals surface area contributed by atoms with Crippen LogP contribution in [0.2, 0.25) is 0 Å². The van der Waals surface area contributed by atoms with Gasteiger partial charge in [0.1, 0.15) is 0 Å². The highest BCUT2D eigenvalue weighted by Crippen LogP contribution is 2.21. The molecule has 3 aromatic rings. The molecule has 1 aliphatic heterocycles. The number of benzene rings is 1. The highest BCUT2D eigenvalue weighted by atomic mass is 32.2. The van der Waals surface area contributed by atoms with Gasteiger partial charge in [-0.05, 0) is 42.6 Å². The summed E-state index contributed by atoms with van der Waals surface area (Å²) in [6.45, 7) is 3.68. The molecule has 1 saturated heterocycles. The molecule has 2 aromatic heterocycles. The number of thiophene rings is 1. The lowest BCUT2D eigenvalue weighted by atomic mass is 10.1. The van der Waals surface area contributed by atoms with E-state index in [1.54, 1.807) is 28.4 Å². The first kappa shape index (κ1) is 21.7. The Labute approximate surface area is 185 Å². The van der Waals surface area contributed by atoms with Crippen LogP contribution in [0.15, 0.2) is 51.2 Å². The Morgan fingerprint density at radius 1 is 1.16 bits per heavy atom. The van der Waals surface area contributed by atoms with E-state index in [1.807, 2.05) is 17.5 Å². The van der Waals surface area contributed by atoms with Gasteiger partial charge in [0.2, 0.25) is 11.7 Å². The first-order valence-electron chi connectivity index (χ1n) is 10.1. The summed E-state index contributed by atoms with van der Waals surface area (Å²) in [6, 6.07) is 10.2. The molecule has 1 aliphatic rings. The van der Waals surface area contributed by atoms with Gasteiger partial charge in [0.15, 0.2) is 9.84 Å². The van der Waals surface area contributed by atoms with Gasteiger partial charge in [0, 0.05) is 44.4 Å². The molecule has 0 radical (unpaired) electrons. The molecule has 1 amide bonds. The van der Waals surface area contributed by atoms with Crippen molar-refractivity contribution in [1.82, 2.24) is 19.9 Å².